The van der Waals surface area contributed by atoms with E-state index >= 15 is 0 Å². The summed E-state index contributed by atoms with van der Waals surface area (Å²) in [6, 6.07) is -27.9. The van der Waals surface area contributed by atoms with E-state index in [4.69, 9.17) is 34.6 Å². The van der Waals surface area contributed by atoms with Gasteiger partial charge in [0.05, 0.1) is 35.6 Å². The molecule has 0 atom stereocenters. The molecule has 0 radical (unpaired) electrons. The molecule has 10 rings (SSSR count). The van der Waals surface area contributed by atoms with Gasteiger partial charge in [-0.15, -0.1) is 0 Å². The molecule has 1 heteroatoms. The highest BCUT2D eigenvalue weighted by molar-refractivity contribution is 6.25. The zero-order chi connectivity index (χ0) is 59.6. The molecule has 8 aromatic carbocycles. The van der Waals surface area contributed by atoms with Crippen molar-refractivity contribution in [3.63, 3.8) is 0 Å². The van der Waals surface area contributed by atoms with Crippen molar-refractivity contribution in [1.29, 1.82) is 0 Å². The SMILES string of the molecule is [2H]c1c([2H])c([2H])c2c(c1[2H])-c1c([2H])c([2H])c([2H])c(-c3c([2H])c([2H])c(-c4c5c([2H])c([2H])c([2H])c([2H])c5c(-c5c([2H])c([2H])c([2H])c6oc7c([2H])c([2H])c([2H])c([2H])c7c56)c5c([2H])c([2H])c([2H])c([2H])c45)c([2H])c3[2H])c1C2(C([2H])([2H])[2H])C([2H])([2H])[2H]. The van der Waals surface area contributed by atoms with Crippen molar-refractivity contribution in [2.24, 2.45) is 0 Å². The van der Waals surface area contributed by atoms with Gasteiger partial charge in [-0.05, 0) is 89.3 Å². The molecule has 1 aliphatic carbocycles. The fourth-order valence-corrected chi connectivity index (χ4v) is 6.30. The van der Waals surface area contributed by atoms with Crippen LogP contribution in [0.4, 0.5) is 0 Å². The average molecular weight is 645 g/mol. The first-order valence-corrected chi connectivity index (χ1v) is 14.2. The van der Waals surface area contributed by atoms with Crippen LogP contribution in [0.15, 0.2) is 162 Å². The van der Waals surface area contributed by atoms with Gasteiger partial charge in [0.2, 0.25) is 0 Å². The third kappa shape index (κ3) is 3.73. The Morgan fingerprint density at radius 2 is 0.958 bits per heavy atom. The first-order chi connectivity index (χ1) is 36.9. The topological polar surface area (TPSA) is 13.1 Å². The summed E-state index contributed by atoms with van der Waals surface area (Å²) in [7, 11) is 0. The van der Waals surface area contributed by atoms with Gasteiger partial charge in [0, 0.05) is 24.4 Å². The van der Waals surface area contributed by atoms with Crippen molar-refractivity contribution in [1.82, 2.24) is 0 Å². The van der Waals surface area contributed by atoms with Crippen molar-refractivity contribution < 1.29 is 48.3 Å². The number of benzene rings is 8. The summed E-state index contributed by atoms with van der Waals surface area (Å²) >= 11 is 0. The van der Waals surface area contributed by atoms with Crippen LogP contribution in [0.2, 0.25) is 0 Å². The molecule has 0 spiro atoms. The van der Waals surface area contributed by atoms with E-state index in [-0.39, 0.29) is 0 Å². The number of rotatable bonds is 3. The first kappa shape index (κ1) is 10.3. The minimum Gasteiger partial charge on any atom is -0.456 e. The molecule has 1 nitrogen and oxygen atoms in total. The van der Waals surface area contributed by atoms with Crippen LogP contribution in [0.5, 0.6) is 0 Å². The number of hydrogen-bond acceptors (Lipinski definition) is 1. The fraction of sp³-hybridized carbons (Fsp3) is 0.0638. The monoisotopic (exact) mass is 644 g/mol. The lowest BCUT2D eigenvalue weighted by molar-refractivity contribution is 0.662. The van der Waals surface area contributed by atoms with Gasteiger partial charge in [0.1, 0.15) is 11.2 Å². The minimum atomic E-state index is -3.95. The van der Waals surface area contributed by atoms with Crippen LogP contribution in [0, 0.1) is 0 Å². The molecule has 1 heterocycles. The van der Waals surface area contributed by atoms with Gasteiger partial charge in [-0.1, -0.05) is 159 Å². The Morgan fingerprint density at radius 1 is 0.438 bits per heavy atom. The molecule has 0 N–H and O–H groups in total. The third-order valence-corrected chi connectivity index (χ3v) is 8.26. The predicted octanol–water partition coefficient (Wildman–Crippen LogP) is 13.2. The zero-order valence-corrected chi connectivity index (χ0v) is 23.9. The lowest BCUT2D eigenvalue weighted by Gasteiger charge is -2.24. The number of fused-ring (bicyclic) bond motifs is 8. The Kier molecular flexibility index (Phi) is 2.15. The van der Waals surface area contributed by atoms with Crippen LogP contribution in [0.1, 0.15) is 68.7 Å². The Bertz CT molecular complexity index is 4330. The molecule has 1 aromatic heterocycles. The summed E-state index contributed by atoms with van der Waals surface area (Å²) in [5, 5.41) is -4.38. The van der Waals surface area contributed by atoms with E-state index in [1.165, 1.54) is 0 Å². The predicted molar refractivity (Wildman–Crippen MR) is 203 cm³/mol. The molecule has 0 fully saturated rings. The highest BCUT2D eigenvalue weighted by atomic mass is 16.3. The van der Waals surface area contributed by atoms with Gasteiger partial charge in [0.25, 0.3) is 0 Å². The van der Waals surface area contributed by atoms with Crippen LogP contribution in [0.3, 0.4) is 0 Å². The van der Waals surface area contributed by atoms with Gasteiger partial charge < -0.3 is 4.42 Å². The molecule has 48 heavy (non-hydrogen) atoms. The van der Waals surface area contributed by atoms with Crippen LogP contribution < -0.4 is 0 Å². The van der Waals surface area contributed by atoms with E-state index in [1.54, 1.807) is 0 Å². The second kappa shape index (κ2) is 10.0. The van der Waals surface area contributed by atoms with E-state index in [2.05, 4.69) is 0 Å². The second-order valence-corrected chi connectivity index (χ2v) is 10.8. The summed E-state index contributed by atoms with van der Waals surface area (Å²) in [6.45, 7) is -7.90. The Morgan fingerprint density at radius 3 is 1.69 bits per heavy atom. The molecule has 0 unspecified atom stereocenters. The van der Waals surface area contributed by atoms with Crippen molar-refractivity contribution in [3.05, 3.63) is 168 Å². The molecule has 226 valence electrons. The van der Waals surface area contributed by atoms with Crippen molar-refractivity contribution in [2.45, 2.75) is 19.1 Å². The summed E-state index contributed by atoms with van der Waals surface area (Å²) in [6.07, 6.45) is 0. The average Bonchev–Trinajstić information content (AvgIpc) is 2.95. The molecule has 0 aliphatic heterocycles. The Balaban J connectivity index is 1.48. The van der Waals surface area contributed by atoms with Crippen LogP contribution >= 0.6 is 0 Å². The molecular formula is C47H32O. The Labute approximate surface area is 324 Å². The molecule has 0 amide bonds. The van der Waals surface area contributed by atoms with E-state index in [9.17, 15) is 13.7 Å². The summed E-state index contributed by atoms with van der Waals surface area (Å²) in [5.41, 5.74) is -14.7. The van der Waals surface area contributed by atoms with Crippen LogP contribution in [-0.4, -0.2) is 0 Å². The molecule has 0 saturated heterocycles. The maximum absolute atomic E-state index is 9.76. The number of furan rings is 1. The van der Waals surface area contributed by atoms with E-state index in [0.717, 1.165) is 0 Å². The van der Waals surface area contributed by atoms with E-state index in [1.807, 2.05) is 0 Å². The highest BCUT2D eigenvalue weighted by Gasteiger charge is 2.37. The smallest absolute Gasteiger partial charge is 0.136 e. The molecule has 9 aromatic rings. The fourth-order valence-electron chi connectivity index (χ4n) is 6.30. The lowest BCUT2D eigenvalue weighted by atomic mass is 9.78. The van der Waals surface area contributed by atoms with Crippen molar-refractivity contribution in [3.8, 4) is 44.5 Å². The van der Waals surface area contributed by atoms with Crippen LogP contribution in [-0.2, 0) is 5.41 Å². The number of para-hydroxylation sites is 1. The zero-order valence-electron chi connectivity index (χ0n) is 55.9. The van der Waals surface area contributed by atoms with Gasteiger partial charge in [-0.2, -0.15) is 0 Å². The van der Waals surface area contributed by atoms with Crippen molar-refractivity contribution in [2.75, 3.05) is 0 Å². The summed E-state index contributed by atoms with van der Waals surface area (Å²) < 4.78 is 296. The lowest BCUT2D eigenvalue weighted by Crippen LogP contribution is -2.16. The van der Waals surface area contributed by atoms with Crippen molar-refractivity contribution >= 4 is 43.5 Å². The maximum atomic E-state index is 9.76. The summed E-state index contributed by atoms with van der Waals surface area (Å²) in [5.74, 6) is 0. The van der Waals surface area contributed by atoms with E-state index in [0.29, 0.717) is 0 Å². The maximum Gasteiger partial charge on any atom is 0.136 e. The molecule has 1 aliphatic rings. The largest absolute Gasteiger partial charge is 0.456 e. The van der Waals surface area contributed by atoms with Gasteiger partial charge in [0.15, 0.2) is 0 Å². The normalized spacial score (nSPS) is 23.3. The summed E-state index contributed by atoms with van der Waals surface area (Å²) in [4.78, 5) is 0. The standard InChI is InChI=1S/C47H32O/c1-47(2)40-22-9-7-13-32(40)37-20-11-19-31(46(37)47)29-25-27-30(28-26-29)43-33-14-3-5-16-35(33)44(36-17-6-4-15-34(36)43)39-21-12-24-42-45(39)38-18-8-10-23-41(38)48-42/h3-28H,1-2H3/i1D3,2D3,3D,4D,5D,6D,7D,8D,9D,10D,11D,12D,13D,14D,15D,16D,17D,18D,19D,20D,21D,22D,23D,24D,25D,26D,27D,28D. The van der Waals surface area contributed by atoms with E-state index < -0.39 is 275 Å². The Hall–Kier alpha value is -5.92. The minimum absolute atomic E-state index is 0.526. The number of hydrogen-bond donors (Lipinski definition) is 0. The molecule has 0 bridgehead atoms. The second-order valence-electron chi connectivity index (χ2n) is 10.8. The highest BCUT2D eigenvalue weighted by Crippen LogP contribution is 2.52. The van der Waals surface area contributed by atoms with Gasteiger partial charge >= 0.3 is 0 Å². The van der Waals surface area contributed by atoms with Gasteiger partial charge in [-0.3, -0.25) is 0 Å². The van der Waals surface area contributed by atoms with Gasteiger partial charge in [-0.25, -0.2) is 0 Å². The quantitative estimate of drug-likeness (QED) is 0.174. The molecular weight excluding hydrogens is 581 g/mol. The molecule has 0 saturated carbocycles. The first-order valence-electron chi connectivity index (χ1n) is 30.2. The van der Waals surface area contributed by atoms with Crippen LogP contribution in [0.25, 0.3) is 88.0 Å². The third-order valence-electron chi connectivity index (χ3n) is 8.26.